The normalized spacial score (nSPS) is 13.6. The van der Waals surface area contributed by atoms with Gasteiger partial charge < -0.3 is 10.0 Å². The Hall–Kier alpha value is -1.79. The summed E-state index contributed by atoms with van der Waals surface area (Å²) in [4.78, 5) is 14.4. The summed E-state index contributed by atoms with van der Waals surface area (Å²) in [5.41, 5.74) is 2.63. The van der Waals surface area contributed by atoms with Crippen molar-refractivity contribution in [1.29, 1.82) is 0 Å². The summed E-state index contributed by atoms with van der Waals surface area (Å²) in [5, 5.41) is 8.77. The molecule has 1 amide bonds. The van der Waals surface area contributed by atoms with E-state index >= 15 is 0 Å². The van der Waals surface area contributed by atoms with Gasteiger partial charge in [-0.25, -0.2) is 0 Å². The first kappa shape index (κ1) is 14.6. The van der Waals surface area contributed by atoms with Gasteiger partial charge in [-0.05, 0) is 44.4 Å². The van der Waals surface area contributed by atoms with Gasteiger partial charge in [0.2, 0.25) is 0 Å². The quantitative estimate of drug-likeness (QED) is 0.854. The smallest absolute Gasteiger partial charge is 0.254 e. The molecule has 20 heavy (non-hydrogen) atoms. The molecule has 0 saturated heterocycles. The number of hydrogen-bond acceptors (Lipinski definition) is 2. The summed E-state index contributed by atoms with van der Waals surface area (Å²) in [6.45, 7) is 4.82. The molecule has 3 heteroatoms. The molecule has 1 fully saturated rings. The van der Waals surface area contributed by atoms with Crippen molar-refractivity contribution < 1.29 is 9.90 Å². The van der Waals surface area contributed by atoms with Crippen LogP contribution >= 0.6 is 0 Å². The number of benzene rings is 1. The lowest BCUT2D eigenvalue weighted by molar-refractivity contribution is 0.0752. The summed E-state index contributed by atoms with van der Waals surface area (Å²) in [6, 6.07) is 6.11. The van der Waals surface area contributed by atoms with Crippen LogP contribution in [0.25, 0.3) is 0 Å². The van der Waals surface area contributed by atoms with Crippen molar-refractivity contribution in [3.8, 4) is 11.8 Å². The molecule has 1 aromatic carbocycles. The SMILES string of the molecule is CCN(C(=O)c1ccc(C)c(C#CCCO)c1)C1CC1. The molecular weight excluding hydrogens is 250 g/mol. The number of aryl methyl sites for hydroxylation is 1. The minimum Gasteiger partial charge on any atom is -0.395 e. The Morgan fingerprint density at radius 1 is 1.45 bits per heavy atom. The van der Waals surface area contributed by atoms with E-state index in [1.54, 1.807) is 0 Å². The Balaban J connectivity index is 2.22. The fourth-order valence-electron chi connectivity index (χ4n) is 2.22. The van der Waals surface area contributed by atoms with Crippen LogP contribution in [0, 0.1) is 18.8 Å². The second kappa shape index (κ2) is 6.58. The van der Waals surface area contributed by atoms with Gasteiger partial charge in [0.1, 0.15) is 0 Å². The van der Waals surface area contributed by atoms with E-state index in [-0.39, 0.29) is 12.5 Å². The molecule has 1 N–H and O–H groups in total. The highest BCUT2D eigenvalue weighted by Crippen LogP contribution is 2.28. The van der Waals surface area contributed by atoms with Gasteiger partial charge in [-0.2, -0.15) is 0 Å². The highest BCUT2D eigenvalue weighted by atomic mass is 16.2. The number of aliphatic hydroxyl groups excluding tert-OH is 1. The van der Waals surface area contributed by atoms with E-state index in [0.29, 0.717) is 18.0 Å². The molecule has 106 valence electrons. The first-order chi connectivity index (χ1) is 9.67. The summed E-state index contributed by atoms with van der Waals surface area (Å²) >= 11 is 0. The molecule has 0 unspecified atom stereocenters. The van der Waals surface area contributed by atoms with E-state index in [1.807, 2.05) is 36.9 Å². The van der Waals surface area contributed by atoms with Crippen LogP contribution in [0.4, 0.5) is 0 Å². The average Bonchev–Trinajstić information content (AvgIpc) is 3.26. The minimum atomic E-state index is 0.0654. The Morgan fingerprint density at radius 3 is 2.80 bits per heavy atom. The third-order valence-corrected chi connectivity index (χ3v) is 3.53. The monoisotopic (exact) mass is 271 g/mol. The third-order valence-electron chi connectivity index (χ3n) is 3.53. The van der Waals surface area contributed by atoms with Gasteiger partial charge >= 0.3 is 0 Å². The second-order valence-corrected chi connectivity index (χ2v) is 5.13. The molecular formula is C17H21NO2. The molecule has 2 rings (SSSR count). The molecule has 1 aliphatic carbocycles. The number of aliphatic hydroxyl groups is 1. The molecule has 0 spiro atoms. The summed E-state index contributed by atoms with van der Waals surface area (Å²) < 4.78 is 0. The van der Waals surface area contributed by atoms with Crippen molar-refractivity contribution in [2.75, 3.05) is 13.2 Å². The van der Waals surface area contributed by atoms with Crippen LogP contribution in [0.1, 0.15) is 47.7 Å². The van der Waals surface area contributed by atoms with Crippen LogP contribution in [0.5, 0.6) is 0 Å². The first-order valence-electron chi connectivity index (χ1n) is 7.18. The predicted octanol–water partition coefficient (Wildman–Crippen LogP) is 2.35. The Morgan fingerprint density at radius 2 is 2.20 bits per heavy atom. The van der Waals surface area contributed by atoms with Crippen LogP contribution in [0.3, 0.4) is 0 Å². The lowest BCUT2D eigenvalue weighted by atomic mass is 10.0. The van der Waals surface area contributed by atoms with Crippen LogP contribution in [0.2, 0.25) is 0 Å². The van der Waals surface area contributed by atoms with Crippen LogP contribution in [-0.4, -0.2) is 35.1 Å². The van der Waals surface area contributed by atoms with Gasteiger partial charge in [-0.15, -0.1) is 0 Å². The number of carbonyl (C=O) groups is 1. The minimum absolute atomic E-state index is 0.0654. The molecule has 1 saturated carbocycles. The standard InChI is InChI=1S/C17H21NO2/c1-3-18(16-9-10-16)17(20)15-8-7-13(2)14(12-15)6-4-5-11-19/h7-8,12,16,19H,3,5,9-11H2,1-2H3. The molecule has 0 aromatic heterocycles. The van der Waals surface area contributed by atoms with Gasteiger partial charge in [0, 0.05) is 30.1 Å². The molecule has 1 aliphatic rings. The molecule has 1 aromatic rings. The van der Waals surface area contributed by atoms with Gasteiger partial charge in [-0.1, -0.05) is 17.9 Å². The number of nitrogens with zero attached hydrogens (tertiary/aromatic N) is 1. The van der Waals surface area contributed by atoms with E-state index in [2.05, 4.69) is 11.8 Å². The topological polar surface area (TPSA) is 40.5 Å². The zero-order chi connectivity index (χ0) is 14.5. The van der Waals surface area contributed by atoms with Crippen molar-refractivity contribution in [2.24, 2.45) is 0 Å². The Kier molecular flexibility index (Phi) is 4.81. The highest BCUT2D eigenvalue weighted by molar-refractivity contribution is 5.95. The maximum Gasteiger partial charge on any atom is 0.254 e. The van der Waals surface area contributed by atoms with Gasteiger partial charge in [0.05, 0.1) is 6.61 Å². The fraction of sp³-hybridized carbons (Fsp3) is 0.471. The van der Waals surface area contributed by atoms with Crippen molar-refractivity contribution in [2.45, 2.75) is 39.2 Å². The number of amides is 1. The number of rotatable bonds is 4. The second-order valence-electron chi connectivity index (χ2n) is 5.13. The lowest BCUT2D eigenvalue weighted by Gasteiger charge is -2.20. The maximum atomic E-state index is 12.5. The zero-order valence-corrected chi connectivity index (χ0v) is 12.1. The van der Waals surface area contributed by atoms with Gasteiger partial charge in [0.25, 0.3) is 5.91 Å². The number of hydrogen-bond donors (Lipinski definition) is 1. The fourth-order valence-corrected chi connectivity index (χ4v) is 2.22. The average molecular weight is 271 g/mol. The van der Waals surface area contributed by atoms with Crippen LogP contribution in [-0.2, 0) is 0 Å². The van der Waals surface area contributed by atoms with E-state index in [1.165, 1.54) is 0 Å². The highest BCUT2D eigenvalue weighted by Gasteiger charge is 2.31. The third kappa shape index (κ3) is 3.40. The van der Waals surface area contributed by atoms with Gasteiger partial charge in [-0.3, -0.25) is 4.79 Å². The number of carbonyl (C=O) groups excluding carboxylic acids is 1. The van der Waals surface area contributed by atoms with E-state index in [0.717, 1.165) is 30.5 Å². The van der Waals surface area contributed by atoms with E-state index in [4.69, 9.17) is 5.11 Å². The van der Waals surface area contributed by atoms with Crippen molar-refractivity contribution in [3.63, 3.8) is 0 Å². The summed E-state index contributed by atoms with van der Waals surface area (Å²) in [5.74, 6) is 6.04. The van der Waals surface area contributed by atoms with Crippen LogP contribution < -0.4 is 0 Å². The molecule has 3 nitrogen and oxygen atoms in total. The molecule has 0 radical (unpaired) electrons. The summed E-state index contributed by atoms with van der Waals surface area (Å²) in [6.07, 6.45) is 2.70. The van der Waals surface area contributed by atoms with E-state index < -0.39 is 0 Å². The Bertz CT molecular complexity index is 550. The van der Waals surface area contributed by atoms with Crippen molar-refractivity contribution >= 4 is 5.91 Å². The molecule has 0 aliphatic heterocycles. The van der Waals surface area contributed by atoms with E-state index in [9.17, 15) is 4.79 Å². The van der Waals surface area contributed by atoms with Crippen LogP contribution in [0.15, 0.2) is 18.2 Å². The summed E-state index contributed by atoms with van der Waals surface area (Å²) in [7, 11) is 0. The van der Waals surface area contributed by atoms with Crippen molar-refractivity contribution in [3.05, 3.63) is 34.9 Å². The lowest BCUT2D eigenvalue weighted by Crippen LogP contribution is -2.32. The Labute approximate surface area is 120 Å². The van der Waals surface area contributed by atoms with Crippen molar-refractivity contribution in [1.82, 2.24) is 4.90 Å². The largest absolute Gasteiger partial charge is 0.395 e. The molecule has 0 atom stereocenters. The predicted molar refractivity (Wildman–Crippen MR) is 79.5 cm³/mol. The first-order valence-corrected chi connectivity index (χ1v) is 7.18. The molecule has 0 heterocycles. The molecule has 0 bridgehead atoms. The van der Waals surface area contributed by atoms with Gasteiger partial charge in [0.15, 0.2) is 0 Å². The zero-order valence-electron chi connectivity index (χ0n) is 12.1. The maximum absolute atomic E-state index is 12.5.